The van der Waals surface area contributed by atoms with Crippen LogP contribution in [0, 0.1) is 11.6 Å². The fourth-order valence-corrected chi connectivity index (χ4v) is 3.13. The molecular formula is C20H17F2N5O3S. The number of anilines is 2. The molecule has 3 N–H and O–H groups in total. The van der Waals surface area contributed by atoms with E-state index in [9.17, 15) is 23.2 Å². The van der Waals surface area contributed by atoms with Crippen molar-refractivity contribution in [1.29, 1.82) is 0 Å². The van der Waals surface area contributed by atoms with E-state index in [2.05, 4.69) is 25.8 Å². The first-order chi connectivity index (χ1) is 14.9. The molecule has 8 nitrogen and oxygen atoms in total. The predicted molar refractivity (Wildman–Crippen MR) is 113 cm³/mol. The Hall–Kier alpha value is -3.60. The molecule has 1 heterocycles. The summed E-state index contributed by atoms with van der Waals surface area (Å²) in [6.45, 7) is 1.70. The molecule has 0 saturated carbocycles. The molecule has 160 valence electrons. The molecule has 0 aliphatic rings. The fraction of sp³-hybridized carbons (Fsp3) is 0.150. The standard InChI is InChI=1S/C20H17F2N5O3S/c1-2-15(28)23-14-9-4-3-6-11(14)17-19(30)25-20(27-26-17)31-10-16(29)24-18-12(21)7-5-8-13(18)22/h3-9H,2,10H2,1H3,(H,23,28)(H,24,29)(H,25,27,30). The van der Waals surface area contributed by atoms with Gasteiger partial charge >= 0.3 is 0 Å². The van der Waals surface area contributed by atoms with Crippen molar-refractivity contribution in [1.82, 2.24) is 15.2 Å². The first-order valence-corrected chi connectivity index (χ1v) is 10.1. The summed E-state index contributed by atoms with van der Waals surface area (Å²) in [5.41, 5.74) is -0.317. The van der Waals surface area contributed by atoms with Gasteiger partial charge < -0.3 is 10.6 Å². The van der Waals surface area contributed by atoms with Gasteiger partial charge in [0.05, 0.1) is 11.4 Å². The Labute approximate surface area is 179 Å². The molecule has 0 radical (unpaired) electrons. The molecule has 3 rings (SSSR count). The number of aromatic nitrogens is 3. The van der Waals surface area contributed by atoms with E-state index in [0.717, 1.165) is 23.9 Å². The second-order valence-corrected chi connectivity index (χ2v) is 7.15. The van der Waals surface area contributed by atoms with Gasteiger partial charge in [-0.3, -0.25) is 19.4 Å². The quantitative estimate of drug-likeness (QED) is 0.481. The Kier molecular flexibility index (Phi) is 7.08. The van der Waals surface area contributed by atoms with Gasteiger partial charge in [0, 0.05) is 12.0 Å². The smallest absolute Gasteiger partial charge is 0.278 e. The van der Waals surface area contributed by atoms with Crippen LogP contribution < -0.4 is 16.2 Å². The van der Waals surface area contributed by atoms with E-state index in [1.54, 1.807) is 31.2 Å². The highest BCUT2D eigenvalue weighted by molar-refractivity contribution is 7.99. The van der Waals surface area contributed by atoms with Gasteiger partial charge in [-0.05, 0) is 18.2 Å². The Balaban J connectivity index is 1.71. The maximum Gasteiger partial charge on any atom is 0.278 e. The molecule has 0 spiro atoms. The zero-order chi connectivity index (χ0) is 22.4. The molecule has 2 amide bonds. The zero-order valence-electron chi connectivity index (χ0n) is 16.2. The van der Waals surface area contributed by atoms with Crippen molar-refractivity contribution in [2.45, 2.75) is 18.5 Å². The molecule has 31 heavy (non-hydrogen) atoms. The summed E-state index contributed by atoms with van der Waals surface area (Å²) in [6, 6.07) is 9.88. The molecule has 0 saturated heterocycles. The van der Waals surface area contributed by atoms with Crippen LogP contribution in [0.3, 0.4) is 0 Å². The molecule has 1 aromatic heterocycles. The van der Waals surface area contributed by atoms with Crippen LogP contribution in [0.25, 0.3) is 11.3 Å². The number of halogens is 2. The summed E-state index contributed by atoms with van der Waals surface area (Å²) < 4.78 is 27.2. The van der Waals surface area contributed by atoms with Crippen LogP contribution in [-0.4, -0.2) is 32.7 Å². The monoisotopic (exact) mass is 445 g/mol. The lowest BCUT2D eigenvalue weighted by atomic mass is 10.1. The zero-order valence-corrected chi connectivity index (χ0v) is 17.1. The van der Waals surface area contributed by atoms with E-state index >= 15 is 0 Å². The number of hydrogen-bond acceptors (Lipinski definition) is 6. The molecule has 11 heteroatoms. The van der Waals surface area contributed by atoms with E-state index in [1.807, 2.05) is 0 Å². The Morgan fingerprint density at radius 2 is 1.71 bits per heavy atom. The first kappa shape index (κ1) is 22.1. The number of carbonyl (C=O) groups excluding carboxylic acids is 2. The van der Waals surface area contributed by atoms with Crippen molar-refractivity contribution in [2.75, 3.05) is 16.4 Å². The fourth-order valence-electron chi connectivity index (χ4n) is 2.53. The van der Waals surface area contributed by atoms with Crippen molar-refractivity contribution < 1.29 is 18.4 Å². The average molecular weight is 445 g/mol. The van der Waals surface area contributed by atoms with Crippen molar-refractivity contribution in [3.8, 4) is 11.3 Å². The number of amides is 2. The van der Waals surface area contributed by atoms with Crippen molar-refractivity contribution in [3.63, 3.8) is 0 Å². The summed E-state index contributed by atoms with van der Waals surface area (Å²) in [4.78, 5) is 38.7. The van der Waals surface area contributed by atoms with Gasteiger partial charge in [-0.1, -0.05) is 43.0 Å². The van der Waals surface area contributed by atoms with Crippen LogP contribution in [0.15, 0.2) is 52.4 Å². The molecule has 3 aromatic rings. The molecule has 2 aromatic carbocycles. The van der Waals surface area contributed by atoms with Crippen LogP contribution in [0.5, 0.6) is 0 Å². The lowest BCUT2D eigenvalue weighted by Gasteiger charge is -2.09. The second kappa shape index (κ2) is 9.94. The summed E-state index contributed by atoms with van der Waals surface area (Å²) >= 11 is 0.840. The largest absolute Gasteiger partial charge is 0.325 e. The van der Waals surface area contributed by atoms with Crippen LogP contribution in [0.2, 0.25) is 0 Å². The number of thioether (sulfide) groups is 1. The Bertz CT molecular complexity index is 1170. The van der Waals surface area contributed by atoms with Gasteiger partial charge in [-0.15, -0.1) is 10.2 Å². The Morgan fingerprint density at radius 3 is 2.39 bits per heavy atom. The number of hydrogen-bond donors (Lipinski definition) is 3. The van der Waals surface area contributed by atoms with Crippen molar-refractivity contribution >= 4 is 35.0 Å². The van der Waals surface area contributed by atoms with Gasteiger partial charge in [0.25, 0.3) is 5.56 Å². The lowest BCUT2D eigenvalue weighted by molar-refractivity contribution is -0.116. The summed E-state index contributed by atoms with van der Waals surface area (Å²) in [5, 5.41) is 12.7. The highest BCUT2D eigenvalue weighted by Crippen LogP contribution is 2.24. The van der Waals surface area contributed by atoms with Crippen LogP contribution >= 0.6 is 11.8 Å². The third-order valence-electron chi connectivity index (χ3n) is 4.02. The van der Waals surface area contributed by atoms with E-state index in [4.69, 9.17) is 0 Å². The van der Waals surface area contributed by atoms with E-state index in [1.165, 1.54) is 6.07 Å². The number of nitrogens with one attached hydrogen (secondary N) is 3. The highest BCUT2D eigenvalue weighted by Gasteiger charge is 2.15. The molecular weight excluding hydrogens is 428 g/mol. The van der Waals surface area contributed by atoms with Gasteiger partial charge in [0.15, 0.2) is 10.9 Å². The molecule has 0 fully saturated rings. The third kappa shape index (κ3) is 5.51. The van der Waals surface area contributed by atoms with Gasteiger partial charge in [0.1, 0.15) is 17.3 Å². The summed E-state index contributed by atoms with van der Waals surface area (Å²) in [6.07, 6.45) is 0.269. The number of nitrogens with zero attached hydrogens (tertiary/aromatic N) is 2. The van der Waals surface area contributed by atoms with Crippen molar-refractivity contribution in [3.05, 3.63) is 64.5 Å². The number of H-pyrrole nitrogens is 1. The SMILES string of the molecule is CCC(=O)Nc1ccccc1-c1nnc(SCC(=O)Nc2c(F)cccc2F)[nH]c1=O. The lowest BCUT2D eigenvalue weighted by Crippen LogP contribution is -2.19. The van der Waals surface area contributed by atoms with E-state index < -0.39 is 28.8 Å². The van der Waals surface area contributed by atoms with E-state index in [0.29, 0.717) is 11.3 Å². The molecule has 0 bridgehead atoms. The van der Waals surface area contributed by atoms with E-state index in [-0.39, 0.29) is 28.9 Å². The van der Waals surface area contributed by atoms with Crippen LogP contribution in [-0.2, 0) is 9.59 Å². The van der Waals surface area contributed by atoms with Crippen LogP contribution in [0.1, 0.15) is 13.3 Å². The number of carbonyl (C=O) groups is 2. The third-order valence-corrected chi connectivity index (χ3v) is 4.88. The maximum atomic E-state index is 13.6. The molecule has 0 unspecified atom stereocenters. The normalized spacial score (nSPS) is 10.5. The Morgan fingerprint density at radius 1 is 1.00 bits per heavy atom. The van der Waals surface area contributed by atoms with Gasteiger partial charge in [-0.2, -0.15) is 0 Å². The summed E-state index contributed by atoms with van der Waals surface area (Å²) in [5.74, 6) is -2.97. The average Bonchev–Trinajstić information content (AvgIpc) is 2.75. The minimum atomic E-state index is -0.898. The number of benzene rings is 2. The number of rotatable bonds is 7. The minimum absolute atomic E-state index is 0.00534. The van der Waals surface area contributed by atoms with Gasteiger partial charge in [-0.25, -0.2) is 8.78 Å². The first-order valence-electron chi connectivity index (χ1n) is 9.12. The second-order valence-electron chi connectivity index (χ2n) is 6.19. The van der Waals surface area contributed by atoms with Crippen molar-refractivity contribution in [2.24, 2.45) is 0 Å². The molecule has 0 atom stereocenters. The van der Waals surface area contributed by atoms with Crippen LogP contribution in [0.4, 0.5) is 20.2 Å². The van der Waals surface area contributed by atoms with Gasteiger partial charge in [0.2, 0.25) is 11.8 Å². The summed E-state index contributed by atoms with van der Waals surface area (Å²) in [7, 11) is 0. The number of aromatic amines is 1. The maximum absolute atomic E-state index is 13.6. The number of para-hydroxylation sites is 2. The predicted octanol–water partition coefficient (Wildman–Crippen LogP) is 3.19. The topological polar surface area (TPSA) is 117 Å². The minimum Gasteiger partial charge on any atom is -0.325 e. The highest BCUT2D eigenvalue weighted by atomic mass is 32.2. The molecule has 0 aliphatic carbocycles. The molecule has 0 aliphatic heterocycles.